The Labute approximate surface area is 56.3 Å². The van der Waals surface area contributed by atoms with E-state index in [4.69, 9.17) is 0 Å². The summed E-state index contributed by atoms with van der Waals surface area (Å²) in [6.45, 7) is 4.51. The molecule has 0 heterocycles. The van der Waals surface area contributed by atoms with Crippen molar-refractivity contribution >= 4 is 18.3 Å². The van der Waals surface area contributed by atoms with E-state index in [1.165, 1.54) is 8.86 Å². The molecule has 0 aromatic carbocycles. The Bertz CT molecular complexity index is 99.1. The van der Waals surface area contributed by atoms with Gasteiger partial charge in [0.1, 0.15) is 0 Å². The number of halogens is 1. The predicted molar refractivity (Wildman–Crippen MR) is 49.4 cm³/mol. The monoisotopic (exact) mass is 229 g/mol. The second-order valence-corrected chi connectivity index (χ2v) is 12.3. The van der Waals surface area contributed by atoms with Gasteiger partial charge in [0.2, 0.25) is 0 Å². The minimum atomic E-state index is -1.43. The fraction of sp³-hybridized carbons (Fsp3) is 1.00. The Hall–Kier alpha value is 0.530. The third-order valence-corrected chi connectivity index (χ3v) is 10.5. The second kappa shape index (κ2) is 3.54. The van der Waals surface area contributed by atoms with Crippen LogP contribution in [0.3, 0.4) is 0 Å². The normalized spacial score (nSPS) is 13.5. The molecule has 0 spiro atoms. The summed E-state index contributed by atoms with van der Waals surface area (Å²) in [6.07, 6.45) is 0. The van der Waals surface area contributed by atoms with Crippen LogP contribution in [0.25, 0.3) is 0 Å². The van der Waals surface area contributed by atoms with E-state index in [9.17, 15) is 0 Å². The van der Waals surface area contributed by atoms with Gasteiger partial charge in [0.25, 0.3) is 0 Å². The van der Waals surface area contributed by atoms with Gasteiger partial charge in [0, 0.05) is 0 Å². The summed E-state index contributed by atoms with van der Waals surface area (Å²) in [5.41, 5.74) is 0. The summed E-state index contributed by atoms with van der Waals surface area (Å²) in [5, 5.41) is 0. The molecule has 0 radical (unpaired) electrons. The van der Waals surface area contributed by atoms with Crippen LogP contribution >= 0.6 is 18.3 Å². The fourth-order valence-electron chi connectivity index (χ4n) is 0.428. The van der Waals surface area contributed by atoms with Crippen LogP contribution in [0.15, 0.2) is 3.15 Å². The quantitative estimate of drug-likeness (QED) is 0.509. The van der Waals surface area contributed by atoms with E-state index in [2.05, 4.69) is 21.9 Å². The van der Waals surface area contributed by atoms with Gasteiger partial charge in [-0.05, 0) is 0 Å². The average Bonchev–Trinajstić information content (AvgIpc) is 1.87. The van der Waals surface area contributed by atoms with Gasteiger partial charge in [0.15, 0.2) is 0 Å². The summed E-state index contributed by atoms with van der Waals surface area (Å²) in [5.74, 6) is 0. The molecule has 0 aromatic heterocycles. The summed E-state index contributed by atoms with van der Waals surface area (Å²) in [4.78, 5) is 2.37. The van der Waals surface area contributed by atoms with E-state index in [-0.39, 0.29) is 0 Å². The Morgan fingerprint density at radius 2 is 1.62 bits per heavy atom. The molecule has 0 fully saturated rings. The molecule has 0 unspecified atom stereocenters. The number of hydrogen-bond donors (Lipinski definition) is 0. The first kappa shape index (κ1) is 8.53. The van der Waals surface area contributed by atoms with Gasteiger partial charge in [-0.3, -0.25) is 0 Å². The molecule has 0 aliphatic heterocycles. The number of nitrogens with zero attached hydrogens (tertiary/aromatic N) is 1. The molecular formula is C6H16IN. The Morgan fingerprint density at radius 3 is 1.62 bits per heavy atom. The zero-order valence-corrected chi connectivity index (χ0v) is 8.40. The van der Waals surface area contributed by atoms with Crippen molar-refractivity contribution < 1.29 is 0 Å². The first-order chi connectivity index (χ1) is 3.68. The molecule has 0 amide bonds. The van der Waals surface area contributed by atoms with Crippen LogP contribution in [0.4, 0.5) is 0 Å². The molecule has 0 aliphatic carbocycles. The van der Waals surface area contributed by atoms with Gasteiger partial charge in [-0.15, -0.1) is 0 Å². The first-order valence-electron chi connectivity index (χ1n) is 2.94. The van der Waals surface area contributed by atoms with Crippen LogP contribution in [0.1, 0.15) is 13.8 Å². The van der Waals surface area contributed by atoms with Crippen molar-refractivity contribution in [2.45, 2.75) is 13.8 Å². The van der Waals surface area contributed by atoms with E-state index in [0.717, 1.165) is 0 Å². The molecule has 8 heavy (non-hydrogen) atoms. The van der Waals surface area contributed by atoms with E-state index in [1.807, 2.05) is 7.05 Å². The molecule has 1 nitrogen and oxygen atoms in total. The predicted octanol–water partition coefficient (Wildman–Crippen LogP) is 2.51. The molecule has 2 heteroatoms. The fourth-order valence-corrected chi connectivity index (χ4v) is 2.87. The molecule has 0 saturated heterocycles. The van der Waals surface area contributed by atoms with E-state index in [1.54, 1.807) is 0 Å². The zero-order valence-electron chi connectivity index (χ0n) is 6.24. The SMILES string of the molecule is CCI(C)(CC)=NC. The molecule has 0 N–H and O–H groups in total. The van der Waals surface area contributed by atoms with Crippen molar-refractivity contribution in [1.29, 1.82) is 0 Å². The van der Waals surface area contributed by atoms with E-state index >= 15 is 0 Å². The molecule has 0 aliphatic rings. The van der Waals surface area contributed by atoms with Crippen LogP contribution < -0.4 is 0 Å². The second-order valence-electron chi connectivity index (χ2n) is 1.84. The topological polar surface area (TPSA) is 12.4 Å². The third-order valence-electron chi connectivity index (χ3n) is 1.56. The van der Waals surface area contributed by atoms with Crippen LogP contribution in [0.5, 0.6) is 0 Å². The molecule has 52 valence electrons. The van der Waals surface area contributed by atoms with Gasteiger partial charge in [0.05, 0.1) is 0 Å². The summed E-state index contributed by atoms with van der Waals surface area (Å²) in [6, 6.07) is 0. The van der Waals surface area contributed by atoms with Gasteiger partial charge >= 0.3 is 56.1 Å². The third kappa shape index (κ3) is 2.20. The van der Waals surface area contributed by atoms with Crippen LogP contribution in [0, 0.1) is 0 Å². The van der Waals surface area contributed by atoms with Crippen LogP contribution in [-0.4, -0.2) is 20.8 Å². The molecule has 0 rings (SSSR count). The van der Waals surface area contributed by atoms with Crippen molar-refractivity contribution in [3.05, 3.63) is 0 Å². The van der Waals surface area contributed by atoms with Gasteiger partial charge < -0.3 is 0 Å². The van der Waals surface area contributed by atoms with E-state index in [0.29, 0.717) is 0 Å². The number of rotatable bonds is 2. The molecule has 0 bridgehead atoms. The Morgan fingerprint density at radius 1 is 1.25 bits per heavy atom. The van der Waals surface area contributed by atoms with Crippen LogP contribution in [-0.2, 0) is 0 Å². The van der Waals surface area contributed by atoms with Crippen molar-refractivity contribution in [3.63, 3.8) is 0 Å². The van der Waals surface area contributed by atoms with Gasteiger partial charge in [-0.1, -0.05) is 0 Å². The maximum atomic E-state index is 4.44. The molecular weight excluding hydrogens is 213 g/mol. The van der Waals surface area contributed by atoms with Crippen molar-refractivity contribution in [3.8, 4) is 0 Å². The van der Waals surface area contributed by atoms with Crippen molar-refractivity contribution in [2.75, 3.05) is 20.8 Å². The summed E-state index contributed by atoms with van der Waals surface area (Å²) >= 11 is -1.43. The molecule has 0 aromatic rings. The maximum absolute atomic E-state index is 4.44. The first-order valence-corrected chi connectivity index (χ1v) is 9.12. The summed E-state index contributed by atoms with van der Waals surface area (Å²) in [7, 11) is 1.98. The Balaban J connectivity index is 4.00. The van der Waals surface area contributed by atoms with Gasteiger partial charge in [-0.25, -0.2) is 0 Å². The van der Waals surface area contributed by atoms with Crippen molar-refractivity contribution in [2.24, 2.45) is 3.15 Å². The number of hydrogen-bond acceptors (Lipinski definition) is 1. The minimum absolute atomic E-state index is 1.33. The van der Waals surface area contributed by atoms with Gasteiger partial charge in [-0.2, -0.15) is 0 Å². The molecule has 0 saturated carbocycles. The van der Waals surface area contributed by atoms with Crippen molar-refractivity contribution in [1.82, 2.24) is 0 Å². The van der Waals surface area contributed by atoms with E-state index < -0.39 is 18.3 Å². The summed E-state index contributed by atoms with van der Waals surface area (Å²) < 4.78 is 7.10. The standard InChI is InChI=1S/C6H16IN/c1-5-7(3,6-2)8-4/h5-6H2,1-4H3. The van der Waals surface area contributed by atoms with Crippen LogP contribution in [0.2, 0.25) is 0 Å². The average molecular weight is 229 g/mol. The zero-order chi connectivity index (χ0) is 6.62. The Kier molecular flexibility index (Phi) is 3.77. The number of alkyl halides is 3. The molecule has 0 atom stereocenters.